The maximum absolute atomic E-state index is 5.59. The van der Waals surface area contributed by atoms with E-state index in [1.54, 1.807) is 0 Å². The monoisotopic (exact) mass is 239 g/mol. The van der Waals surface area contributed by atoms with E-state index in [0.29, 0.717) is 11.5 Å². The number of aliphatic imine (C=N–C) groups is 1. The summed E-state index contributed by atoms with van der Waals surface area (Å²) in [5.74, 6) is 0.941. The van der Waals surface area contributed by atoms with Gasteiger partial charge in [-0.1, -0.05) is 6.92 Å². The van der Waals surface area contributed by atoms with Gasteiger partial charge in [0.25, 0.3) is 0 Å². The molecule has 4 nitrogen and oxygen atoms in total. The molecule has 2 N–H and O–H groups in total. The van der Waals surface area contributed by atoms with Gasteiger partial charge in [-0.2, -0.15) is 0 Å². The highest BCUT2D eigenvalue weighted by Crippen LogP contribution is 2.44. The summed E-state index contributed by atoms with van der Waals surface area (Å²) in [4.78, 5) is 4.65. The van der Waals surface area contributed by atoms with Crippen molar-refractivity contribution in [2.45, 2.75) is 45.6 Å². The number of nitrogens with one attached hydrogen (secondary N) is 2. The molecule has 1 aliphatic carbocycles. The molecule has 2 rings (SSSR count). The lowest BCUT2D eigenvalue weighted by molar-refractivity contribution is 0.114. The van der Waals surface area contributed by atoms with Crippen molar-refractivity contribution in [2.75, 3.05) is 26.2 Å². The Bertz CT molecular complexity index is 268. The summed E-state index contributed by atoms with van der Waals surface area (Å²) in [6, 6.07) is 0. The van der Waals surface area contributed by atoms with Gasteiger partial charge in [-0.25, -0.2) is 0 Å². The number of rotatable bonds is 5. The van der Waals surface area contributed by atoms with Gasteiger partial charge in [-0.15, -0.1) is 0 Å². The fourth-order valence-electron chi connectivity index (χ4n) is 2.00. The Labute approximate surface area is 104 Å². The molecule has 1 saturated heterocycles. The molecule has 4 heteroatoms. The van der Waals surface area contributed by atoms with Gasteiger partial charge >= 0.3 is 0 Å². The van der Waals surface area contributed by atoms with Crippen molar-refractivity contribution < 1.29 is 4.74 Å². The number of hydrogen-bond donors (Lipinski definition) is 2. The van der Waals surface area contributed by atoms with Gasteiger partial charge in [0.15, 0.2) is 5.96 Å². The molecule has 1 saturated carbocycles. The van der Waals surface area contributed by atoms with Gasteiger partial charge in [0.2, 0.25) is 0 Å². The van der Waals surface area contributed by atoms with Crippen molar-refractivity contribution in [3.8, 4) is 0 Å². The zero-order chi connectivity index (χ0) is 12.1. The molecule has 17 heavy (non-hydrogen) atoms. The van der Waals surface area contributed by atoms with Crippen molar-refractivity contribution in [2.24, 2.45) is 10.4 Å². The minimum absolute atomic E-state index is 0.371. The molecule has 0 aromatic rings. The Kier molecular flexibility index (Phi) is 4.26. The number of nitrogens with zero attached hydrogens (tertiary/aromatic N) is 1. The lowest BCUT2D eigenvalue weighted by Gasteiger charge is -2.15. The average Bonchev–Trinajstić information content (AvgIpc) is 2.85. The van der Waals surface area contributed by atoms with Crippen molar-refractivity contribution >= 4 is 5.96 Å². The summed E-state index contributed by atoms with van der Waals surface area (Å²) in [6.45, 7) is 8.05. The average molecular weight is 239 g/mol. The molecule has 0 aromatic carbocycles. The minimum Gasteiger partial charge on any atom is -0.376 e. The van der Waals surface area contributed by atoms with Crippen LogP contribution in [0.5, 0.6) is 0 Å². The third kappa shape index (κ3) is 4.19. The molecule has 0 spiro atoms. The quantitative estimate of drug-likeness (QED) is 0.565. The first-order valence-electron chi connectivity index (χ1n) is 6.86. The zero-order valence-corrected chi connectivity index (χ0v) is 11.1. The second kappa shape index (κ2) is 5.71. The van der Waals surface area contributed by atoms with Crippen LogP contribution in [0.4, 0.5) is 0 Å². The predicted octanol–water partition coefficient (Wildman–Crippen LogP) is 1.52. The van der Waals surface area contributed by atoms with Crippen LogP contribution in [0.2, 0.25) is 0 Å². The van der Waals surface area contributed by atoms with Gasteiger partial charge in [-0.05, 0) is 38.0 Å². The Hall–Kier alpha value is -0.770. The van der Waals surface area contributed by atoms with Crippen LogP contribution in [0.15, 0.2) is 4.99 Å². The Morgan fingerprint density at radius 1 is 1.41 bits per heavy atom. The highest BCUT2D eigenvalue weighted by Gasteiger charge is 2.36. The summed E-state index contributed by atoms with van der Waals surface area (Å²) in [5.41, 5.74) is 0.478. The van der Waals surface area contributed by atoms with Crippen LogP contribution in [0.25, 0.3) is 0 Å². The van der Waals surface area contributed by atoms with E-state index in [0.717, 1.165) is 32.2 Å². The minimum atomic E-state index is 0.371. The van der Waals surface area contributed by atoms with E-state index >= 15 is 0 Å². The molecule has 1 aliphatic heterocycles. The highest BCUT2D eigenvalue weighted by atomic mass is 16.5. The highest BCUT2D eigenvalue weighted by molar-refractivity contribution is 5.79. The fourth-order valence-corrected chi connectivity index (χ4v) is 2.00. The van der Waals surface area contributed by atoms with Crippen LogP contribution < -0.4 is 10.6 Å². The van der Waals surface area contributed by atoms with Crippen LogP contribution in [0.3, 0.4) is 0 Å². The molecule has 1 heterocycles. The Morgan fingerprint density at radius 3 is 2.82 bits per heavy atom. The topological polar surface area (TPSA) is 45.7 Å². The second-order valence-corrected chi connectivity index (χ2v) is 5.52. The standard InChI is InChI=1S/C13H25N3O/c1-3-14-12(16-10-13(2)6-7-13)15-9-11-5-4-8-17-11/h11H,3-10H2,1-2H3,(H2,14,15,16). The maximum atomic E-state index is 5.59. The number of guanidine groups is 1. The van der Waals surface area contributed by atoms with Gasteiger partial charge in [0, 0.05) is 26.2 Å². The molecular formula is C13H25N3O. The zero-order valence-electron chi connectivity index (χ0n) is 11.1. The van der Waals surface area contributed by atoms with E-state index in [4.69, 9.17) is 4.74 Å². The predicted molar refractivity (Wildman–Crippen MR) is 70.3 cm³/mol. The van der Waals surface area contributed by atoms with Crippen molar-refractivity contribution in [3.05, 3.63) is 0 Å². The van der Waals surface area contributed by atoms with Crippen LogP contribution in [-0.2, 0) is 4.74 Å². The fraction of sp³-hybridized carbons (Fsp3) is 0.923. The Balaban J connectivity index is 1.74. The lowest BCUT2D eigenvalue weighted by atomic mass is 10.1. The van der Waals surface area contributed by atoms with Crippen LogP contribution in [0.1, 0.15) is 39.5 Å². The largest absolute Gasteiger partial charge is 0.376 e. The van der Waals surface area contributed by atoms with Gasteiger partial charge in [-0.3, -0.25) is 4.99 Å². The third-order valence-corrected chi connectivity index (χ3v) is 3.59. The SMILES string of the molecule is CCNC(=NCC1(C)CC1)NCC1CCCO1. The van der Waals surface area contributed by atoms with Crippen molar-refractivity contribution in [3.63, 3.8) is 0 Å². The van der Waals surface area contributed by atoms with E-state index in [2.05, 4.69) is 29.5 Å². The molecule has 0 aromatic heterocycles. The van der Waals surface area contributed by atoms with Gasteiger partial charge in [0.05, 0.1) is 6.10 Å². The molecule has 2 aliphatic rings. The van der Waals surface area contributed by atoms with Gasteiger partial charge < -0.3 is 15.4 Å². The maximum Gasteiger partial charge on any atom is 0.191 e. The van der Waals surface area contributed by atoms with Crippen LogP contribution in [-0.4, -0.2) is 38.3 Å². The third-order valence-electron chi connectivity index (χ3n) is 3.59. The van der Waals surface area contributed by atoms with Crippen LogP contribution in [0, 0.1) is 5.41 Å². The van der Waals surface area contributed by atoms with Gasteiger partial charge in [0.1, 0.15) is 0 Å². The second-order valence-electron chi connectivity index (χ2n) is 5.52. The normalized spacial score (nSPS) is 26.9. The first-order valence-corrected chi connectivity index (χ1v) is 6.86. The van der Waals surface area contributed by atoms with Crippen molar-refractivity contribution in [1.82, 2.24) is 10.6 Å². The molecular weight excluding hydrogens is 214 g/mol. The van der Waals surface area contributed by atoms with E-state index in [1.165, 1.54) is 25.7 Å². The van der Waals surface area contributed by atoms with E-state index in [-0.39, 0.29) is 0 Å². The summed E-state index contributed by atoms with van der Waals surface area (Å²) < 4.78 is 5.59. The summed E-state index contributed by atoms with van der Waals surface area (Å²) >= 11 is 0. The van der Waals surface area contributed by atoms with E-state index in [1.807, 2.05) is 0 Å². The summed E-state index contributed by atoms with van der Waals surface area (Å²) in [7, 11) is 0. The van der Waals surface area contributed by atoms with Crippen molar-refractivity contribution in [1.29, 1.82) is 0 Å². The first kappa shape index (κ1) is 12.7. The molecule has 0 radical (unpaired) electrons. The van der Waals surface area contributed by atoms with E-state index in [9.17, 15) is 0 Å². The number of hydrogen-bond acceptors (Lipinski definition) is 2. The molecule has 0 bridgehead atoms. The molecule has 0 amide bonds. The molecule has 98 valence electrons. The molecule has 1 atom stereocenters. The lowest BCUT2D eigenvalue weighted by Crippen LogP contribution is -2.41. The smallest absolute Gasteiger partial charge is 0.191 e. The molecule has 2 fully saturated rings. The van der Waals surface area contributed by atoms with E-state index < -0.39 is 0 Å². The summed E-state index contributed by atoms with van der Waals surface area (Å²) in [5, 5.41) is 6.67. The van der Waals surface area contributed by atoms with Crippen LogP contribution >= 0.6 is 0 Å². The Morgan fingerprint density at radius 2 is 2.24 bits per heavy atom. The molecule has 1 unspecified atom stereocenters. The number of ether oxygens (including phenoxy) is 1. The first-order chi connectivity index (χ1) is 8.22. The summed E-state index contributed by atoms with van der Waals surface area (Å²) in [6.07, 6.45) is 5.38.